The minimum Gasteiger partial charge on any atom is -0.354 e. The molecule has 0 bridgehead atoms. The highest BCUT2D eigenvalue weighted by atomic mass is 127. The summed E-state index contributed by atoms with van der Waals surface area (Å²) in [6.45, 7) is 7.55. The highest BCUT2D eigenvalue weighted by Crippen LogP contribution is 2.19. The van der Waals surface area contributed by atoms with E-state index in [9.17, 15) is 0 Å². The SMILES string of the molecule is Cc1nnc(CN=C(NC2CC2)NC2CCc3nc(C(C)C)nn3C2)n1C.I. The molecule has 1 fully saturated rings. The van der Waals surface area contributed by atoms with Crippen LogP contribution in [0.25, 0.3) is 0 Å². The molecule has 9 nitrogen and oxygen atoms in total. The number of fused-ring (bicyclic) bond motifs is 1. The molecule has 2 aromatic rings. The van der Waals surface area contributed by atoms with E-state index in [-0.39, 0.29) is 24.0 Å². The molecule has 0 saturated heterocycles. The van der Waals surface area contributed by atoms with Gasteiger partial charge in [-0.1, -0.05) is 13.8 Å². The predicted molar refractivity (Wildman–Crippen MR) is 118 cm³/mol. The third kappa shape index (κ3) is 4.81. The van der Waals surface area contributed by atoms with E-state index >= 15 is 0 Å². The fourth-order valence-electron chi connectivity index (χ4n) is 3.18. The monoisotopic (exact) mass is 499 g/mol. The first kappa shape index (κ1) is 21.0. The molecular weight excluding hydrogens is 469 g/mol. The van der Waals surface area contributed by atoms with Crippen molar-refractivity contribution in [2.45, 2.75) is 77.5 Å². The van der Waals surface area contributed by atoms with Crippen LogP contribution in [-0.4, -0.2) is 47.6 Å². The summed E-state index contributed by atoms with van der Waals surface area (Å²) in [5, 5.41) is 20.1. The average molecular weight is 499 g/mol. The normalized spacial score (nSPS) is 19.3. The van der Waals surface area contributed by atoms with Gasteiger partial charge >= 0.3 is 0 Å². The molecule has 154 valence electrons. The van der Waals surface area contributed by atoms with Gasteiger partial charge in [-0.3, -0.25) is 0 Å². The second kappa shape index (κ2) is 8.75. The number of aromatic nitrogens is 6. The van der Waals surface area contributed by atoms with Crippen molar-refractivity contribution >= 4 is 29.9 Å². The molecule has 1 unspecified atom stereocenters. The van der Waals surface area contributed by atoms with Crippen LogP contribution in [0.3, 0.4) is 0 Å². The number of hydrogen-bond donors (Lipinski definition) is 2. The minimum atomic E-state index is 0. The minimum absolute atomic E-state index is 0. The van der Waals surface area contributed by atoms with Crippen molar-refractivity contribution in [3.05, 3.63) is 23.3 Å². The molecule has 0 spiro atoms. The van der Waals surface area contributed by atoms with Crippen molar-refractivity contribution in [2.24, 2.45) is 12.0 Å². The molecule has 4 rings (SSSR count). The Hall–Kier alpha value is -1.72. The maximum Gasteiger partial charge on any atom is 0.192 e. The largest absolute Gasteiger partial charge is 0.354 e. The molecule has 1 aliphatic heterocycles. The summed E-state index contributed by atoms with van der Waals surface area (Å²) in [5.74, 6) is 5.02. The van der Waals surface area contributed by atoms with E-state index in [2.05, 4.69) is 49.4 Å². The third-order valence-electron chi connectivity index (χ3n) is 5.21. The lowest BCUT2D eigenvalue weighted by molar-refractivity contribution is 0.391. The van der Waals surface area contributed by atoms with Gasteiger partial charge in [-0.05, 0) is 26.2 Å². The second-order valence-electron chi connectivity index (χ2n) is 7.91. The van der Waals surface area contributed by atoms with Crippen LogP contribution < -0.4 is 10.6 Å². The van der Waals surface area contributed by atoms with Crippen molar-refractivity contribution in [1.82, 2.24) is 40.2 Å². The maximum atomic E-state index is 4.76. The number of halogens is 1. The summed E-state index contributed by atoms with van der Waals surface area (Å²) < 4.78 is 4.03. The Balaban J connectivity index is 0.00000225. The molecule has 2 aromatic heterocycles. The summed E-state index contributed by atoms with van der Waals surface area (Å²) >= 11 is 0. The Morgan fingerprint density at radius 3 is 2.57 bits per heavy atom. The number of aryl methyl sites for hydroxylation is 2. The van der Waals surface area contributed by atoms with E-state index in [1.54, 1.807) is 0 Å². The summed E-state index contributed by atoms with van der Waals surface area (Å²) in [6, 6.07) is 0.834. The van der Waals surface area contributed by atoms with E-state index in [1.165, 1.54) is 12.8 Å². The maximum absolute atomic E-state index is 4.76. The highest BCUT2D eigenvalue weighted by Gasteiger charge is 2.26. The Morgan fingerprint density at radius 1 is 1.18 bits per heavy atom. The Morgan fingerprint density at radius 2 is 1.93 bits per heavy atom. The molecule has 1 aliphatic carbocycles. The van der Waals surface area contributed by atoms with E-state index < -0.39 is 0 Å². The molecule has 2 N–H and O–H groups in total. The van der Waals surface area contributed by atoms with Gasteiger partial charge in [0, 0.05) is 31.5 Å². The third-order valence-corrected chi connectivity index (χ3v) is 5.21. The lowest BCUT2D eigenvalue weighted by Crippen LogP contribution is -2.47. The van der Waals surface area contributed by atoms with Gasteiger partial charge in [0.05, 0.1) is 6.54 Å². The van der Waals surface area contributed by atoms with Gasteiger partial charge in [-0.25, -0.2) is 14.7 Å². The van der Waals surface area contributed by atoms with Crippen LogP contribution in [0.5, 0.6) is 0 Å². The van der Waals surface area contributed by atoms with Crippen LogP contribution in [0.4, 0.5) is 0 Å². The molecule has 28 heavy (non-hydrogen) atoms. The topological polar surface area (TPSA) is 97.8 Å². The molecular formula is C18H30IN9. The van der Waals surface area contributed by atoms with Crippen molar-refractivity contribution in [1.29, 1.82) is 0 Å². The zero-order valence-corrected chi connectivity index (χ0v) is 19.3. The highest BCUT2D eigenvalue weighted by molar-refractivity contribution is 14.0. The zero-order chi connectivity index (χ0) is 19.0. The molecule has 1 atom stereocenters. The van der Waals surface area contributed by atoms with Crippen molar-refractivity contribution in [2.75, 3.05) is 0 Å². The van der Waals surface area contributed by atoms with Gasteiger partial charge in [0.15, 0.2) is 17.6 Å². The number of hydrogen-bond acceptors (Lipinski definition) is 5. The standard InChI is InChI=1S/C18H29N9.HI/c1-11(2)17-22-15-8-7-14(10-27(15)25-17)21-18(20-13-5-6-13)19-9-16-24-23-12(3)26(16)4;/h11,13-14H,5-10H2,1-4H3,(H2,19,20,21);1H. The van der Waals surface area contributed by atoms with Crippen LogP contribution in [0.1, 0.15) is 62.3 Å². The van der Waals surface area contributed by atoms with Gasteiger partial charge < -0.3 is 15.2 Å². The van der Waals surface area contributed by atoms with Gasteiger partial charge in [0.25, 0.3) is 0 Å². The number of guanidine groups is 1. The smallest absolute Gasteiger partial charge is 0.192 e. The molecule has 0 amide bonds. The number of nitrogens with one attached hydrogen (secondary N) is 2. The predicted octanol–water partition coefficient (Wildman–Crippen LogP) is 1.67. The van der Waals surface area contributed by atoms with E-state index in [0.717, 1.165) is 48.6 Å². The molecule has 3 heterocycles. The summed E-state index contributed by atoms with van der Waals surface area (Å²) in [4.78, 5) is 9.43. The van der Waals surface area contributed by atoms with E-state index in [4.69, 9.17) is 4.99 Å². The Labute approximate surface area is 182 Å². The van der Waals surface area contributed by atoms with Gasteiger partial charge in [-0.15, -0.1) is 34.2 Å². The van der Waals surface area contributed by atoms with Crippen LogP contribution >= 0.6 is 24.0 Å². The Bertz CT molecular complexity index is 834. The molecule has 0 radical (unpaired) electrons. The fraction of sp³-hybridized carbons (Fsp3) is 0.722. The van der Waals surface area contributed by atoms with E-state index in [0.29, 0.717) is 24.5 Å². The quantitative estimate of drug-likeness (QED) is 0.369. The van der Waals surface area contributed by atoms with Crippen molar-refractivity contribution < 1.29 is 0 Å². The van der Waals surface area contributed by atoms with Gasteiger partial charge in [-0.2, -0.15) is 5.10 Å². The molecule has 1 saturated carbocycles. The summed E-state index contributed by atoms with van der Waals surface area (Å²) in [6.07, 6.45) is 4.39. The number of rotatable bonds is 5. The molecule has 10 heteroatoms. The Kier molecular flexibility index (Phi) is 6.56. The molecule has 0 aromatic carbocycles. The number of aliphatic imine (C=N–C) groups is 1. The van der Waals surface area contributed by atoms with Crippen LogP contribution in [0, 0.1) is 6.92 Å². The number of nitrogens with zero attached hydrogens (tertiary/aromatic N) is 7. The lowest BCUT2D eigenvalue weighted by Gasteiger charge is -2.25. The first-order chi connectivity index (χ1) is 13.0. The first-order valence-electron chi connectivity index (χ1n) is 9.85. The van der Waals surface area contributed by atoms with Gasteiger partial charge in [0.2, 0.25) is 0 Å². The van der Waals surface area contributed by atoms with E-state index in [1.807, 2.05) is 18.5 Å². The summed E-state index contributed by atoms with van der Waals surface area (Å²) in [5.41, 5.74) is 0. The zero-order valence-electron chi connectivity index (χ0n) is 17.0. The lowest BCUT2D eigenvalue weighted by atomic mass is 10.1. The van der Waals surface area contributed by atoms with Crippen molar-refractivity contribution in [3.8, 4) is 0 Å². The van der Waals surface area contributed by atoms with Crippen LogP contribution in [0.2, 0.25) is 0 Å². The summed E-state index contributed by atoms with van der Waals surface area (Å²) in [7, 11) is 1.97. The van der Waals surface area contributed by atoms with Crippen LogP contribution in [-0.2, 0) is 26.6 Å². The first-order valence-corrected chi connectivity index (χ1v) is 9.85. The van der Waals surface area contributed by atoms with Gasteiger partial charge in [0.1, 0.15) is 18.2 Å². The van der Waals surface area contributed by atoms with Crippen molar-refractivity contribution in [3.63, 3.8) is 0 Å². The average Bonchev–Trinajstić information content (AvgIpc) is 3.25. The molecule has 2 aliphatic rings. The fourth-order valence-corrected chi connectivity index (χ4v) is 3.18. The van der Waals surface area contributed by atoms with Crippen LogP contribution in [0.15, 0.2) is 4.99 Å². The second-order valence-corrected chi connectivity index (χ2v) is 7.91.